The number of carbonyl (C=O) groups is 1. The minimum atomic E-state index is -0.427. The fraction of sp³-hybridized carbons (Fsp3) is 0.150. The predicted molar refractivity (Wildman–Crippen MR) is 89.5 cm³/mol. The molecule has 3 heteroatoms. The van der Waals surface area contributed by atoms with Crippen molar-refractivity contribution < 1.29 is 14.3 Å². The van der Waals surface area contributed by atoms with Gasteiger partial charge >= 0.3 is 5.97 Å². The minimum Gasteiger partial charge on any atom is -0.479 e. The van der Waals surface area contributed by atoms with E-state index in [4.69, 9.17) is 9.47 Å². The van der Waals surface area contributed by atoms with Crippen LogP contribution in [0, 0.1) is 6.92 Å². The molecule has 0 saturated heterocycles. The molecule has 0 saturated carbocycles. The Labute approximate surface area is 135 Å². The highest BCUT2D eigenvalue weighted by molar-refractivity contribution is 6.02. The van der Waals surface area contributed by atoms with Crippen LogP contribution in [0.3, 0.4) is 0 Å². The molecule has 3 rings (SSSR count). The molecule has 0 N–H and O–H groups in total. The number of methoxy groups -OCH3 is 1. The number of carbonyl (C=O) groups excluding carboxylic acids is 1. The lowest BCUT2D eigenvalue weighted by Gasteiger charge is -2.14. The Kier molecular flexibility index (Phi) is 4.02. The molecule has 1 aliphatic heterocycles. The summed E-state index contributed by atoms with van der Waals surface area (Å²) in [5.74, 6) is 0.0940. The van der Waals surface area contributed by atoms with Gasteiger partial charge in [0.05, 0.1) is 7.11 Å². The van der Waals surface area contributed by atoms with Crippen molar-refractivity contribution in [3.8, 4) is 0 Å². The first-order valence-corrected chi connectivity index (χ1v) is 7.42. The molecule has 1 heterocycles. The van der Waals surface area contributed by atoms with Gasteiger partial charge in [-0.2, -0.15) is 0 Å². The van der Waals surface area contributed by atoms with Gasteiger partial charge in [0.15, 0.2) is 0 Å². The van der Waals surface area contributed by atoms with Crippen molar-refractivity contribution in [2.75, 3.05) is 7.11 Å². The van der Waals surface area contributed by atoms with E-state index in [2.05, 4.69) is 6.58 Å². The first-order chi connectivity index (χ1) is 11.1. The number of aryl methyl sites for hydroxylation is 1. The van der Waals surface area contributed by atoms with E-state index in [9.17, 15) is 4.79 Å². The maximum atomic E-state index is 12.2. The summed E-state index contributed by atoms with van der Waals surface area (Å²) in [5, 5.41) is 0. The van der Waals surface area contributed by atoms with Gasteiger partial charge in [0, 0.05) is 11.1 Å². The summed E-state index contributed by atoms with van der Waals surface area (Å²) in [6.45, 7) is 6.11. The highest BCUT2D eigenvalue weighted by Gasteiger charge is 2.36. The molecule has 0 bridgehead atoms. The smallest absolute Gasteiger partial charge is 0.342 e. The second-order valence-electron chi connectivity index (χ2n) is 5.50. The highest BCUT2D eigenvalue weighted by Crippen LogP contribution is 2.44. The molecule has 0 aliphatic carbocycles. The van der Waals surface area contributed by atoms with Gasteiger partial charge < -0.3 is 9.47 Å². The van der Waals surface area contributed by atoms with Crippen molar-refractivity contribution >= 4 is 11.7 Å². The van der Waals surface area contributed by atoms with Gasteiger partial charge in [-0.05, 0) is 12.5 Å². The summed E-state index contributed by atoms with van der Waals surface area (Å²) < 4.78 is 11.0. The summed E-state index contributed by atoms with van der Waals surface area (Å²) in [6.07, 6.45) is -0.375. The van der Waals surface area contributed by atoms with Crippen molar-refractivity contribution in [2.24, 2.45) is 0 Å². The Morgan fingerprint density at radius 2 is 1.74 bits per heavy atom. The third-order valence-corrected chi connectivity index (χ3v) is 3.91. The minimum absolute atomic E-state index is 0.375. The number of ether oxygens (including phenoxy) is 2. The van der Waals surface area contributed by atoms with Crippen LogP contribution < -0.4 is 0 Å². The van der Waals surface area contributed by atoms with Crippen molar-refractivity contribution in [1.82, 2.24) is 0 Å². The fourth-order valence-electron chi connectivity index (χ4n) is 2.66. The van der Waals surface area contributed by atoms with Crippen molar-refractivity contribution in [2.45, 2.75) is 13.0 Å². The SMILES string of the molecule is C=C1C(C(=O)OC)=C(c2ccccc2)O[C@H]1c1ccc(C)cc1. The maximum absolute atomic E-state index is 12.2. The predicted octanol–water partition coefficient (Wildman–Crippen LogP) is 4.21. The average molecular weight is 306 g/mol. The van der Waals surface area contributed by atoms with Crippen LogP contribution >= 0.6 is 0 Å². The standard InChI is InChI=1S/C20H18O3/c1-13-9-11-16(12-10-13)18-14(2)17(20(21)22-3)19(23-18)15-7-5-4-6-8-15/h4-12,18H,2H2,1,3H3/t18-/m1/s1. The number of rotatable bonds is 3. The molecule has 0 amide bonds. The summed E-state index contributed by atoms with van der Waals surface area (Å²) >= 11 is 0. The zero-order valence-corrected chi connectivity index (χ0v) is 13.2. The Balaban J connectivity index is 2.04. The van der Waals surface area contributed by atoms with E-state index in [0.29, 0.717) is 16.9 Å². The van der Waals surface area contributed by atoms with Crippen LogP contribution in [0.2, 0.25) is 0 Å². The third-order valence-electron chi connectivity index (χ3n) is 3.91. The lowest BCUT2D eigenvalue weighted by Crippen LogP contribution is -2.07. The fourth-order valence-corrected chi connectivity index (χ4v) is 2.66. The normalized spacial score (nSPS) is 17.1. The molecule has 0 radical (unpaired) electrons. The monoisotopic (exact) mass is 306 g/mol. The van der Waals surface area contributed by atoms with E-state index < -0.39 is 5.97 Å². The van der Waals surface area contributed by atoms with E-state index in [0.717, 1.165) is 11.1 Å². The average Bonchev–Trinajstić information content (AvgIpc) is 2.93. The quantitative estimate of drug-likeness (QED) is 0.797. The van der Waals surface area contributed by atoms with Crippen LogP contribution in [-0.2, 0) is 14.3 Å². The number of esters is 1. The number of hydrogen-bond acceptors (Lipinski definition) is 3. The Hall–Kier alpha value is -2.81. The van der Waals surface area contributed by atoms with E-state index in [1.807, 2.05) is 61.5 Å². The second-order valence-corrected chi connectivity index (χ2v) is 5.50. The molecular weight excluding hydrogens is 288 g/mol. The molecule has 3 nitrogen and oxygen atoms in total. The lowest BCUT2D eigenvalue weighted by molar-refractivity contribution is -0.135. The van der Waals surface area contributed by atoms with Gasteiger partial charge in [-0.3, -0.25) is 0 Å². The summed E-state index contributed by atoms with van der Waals surface area (Å²) in [4.78, 5) is 12.2. The number of benzene rings is 2. The van der Waals surface area contributed by atoms with Crippen molar-refractivity contribution in [3.05, 3.63) is 89.0 Å². The van der Waals surface area contributed by atoms with Gasteiger partial charge in [0.1, 0.15) is 17.4 Å². The van der Waals surface area contributed by atoms with Crippen molar-refractivity contribution in [1.29, 1.82) is 0 Å². The molecule has 0 unspecified atom stereocenters. The molecule has 0 spiro atoms. The van der Waals surface area contributed by atoms with Crippen LogP contribution in [0.5, 0.6) is 0 Å². The summed E-state index contributed by atoms with van der Waals surface area (Å²) in [5.41, 5.74) is 4.00. The maximum Gasteiger partial charge on any atom is 0.342 e. The zero-order valence-electron chi connectivity index (χ0n) is 13.2. The van der Waals surface area contributed by atoms with E-state index in [-0.39, 0.29) is 6.10 Å². The van der Waals surface area contributed by atoms with Gasteiger partial charge in [-0.15, -0.1) is 0 Å². The van der Waals surface area contributed by atoms with Crippen molar-refractivity contribution in [3.63, 3.8) is 0 Å². The lowest BCUT2D eigenvalue weighted by atomic mass is 9.97. The number of hydrogen-bond donors (Lipinski definition) is 0. The Morgan fingerprint density at radius 3 is 2.35 bits per heavy atom. The molecular formula is C20H18O3. The third kappa shape index (κ3) is 2.78. The second kappa shape index (κ2) is 6.13. The topological polar surface area (TPSA) is 35.5 Å². The zero-order chi connectivity index (χ0) is 16.4. The van der Waals surface area contributed by atoms with E-state index in [1.165, 1.54) is 12.7 Å². The molecule has 1 aliphatic rings. The van der Waals surface area contributed by atoms with Gasteiger partial charge in [0.2, 0.25) is 0 Å². The molecule has 0 aromatic heterocycles. The van der Waals surface area contributed by atoms with Gasteiger partial charge in [0.25, 0.3) is 0 Å². The highest BCUT2D eigenvalue weighted by atomic mass is 16.5. The molecule has 23 heavy (non-hydrogen) atoms. The van der Waals surface area contributed by atoms with Crippen LogP contribution in [0.15, 0.2) is 72.3 Å². The molecule has 2 aromatic rings. The van der Waals surface area contributed by atoms with Gasteiger partial charge in [-0.1, -0.05) is 66.7 Å². The largest absolute Gasteiger partial charge is 0.479 e. The molecule has 116 valence electrons. The van der Waals surface area contributed by atoms with Gasteiger partial charge in [-0.25, -0.2) is 4.79 Å². The van der Waals surface area contributed by atoms with Crippen LogP contribution in [0.1, 0.15) is 22.8 Å². The molecule has 1 atom stereocenters. The molecule has 2 aromatic carbocycles. The summed E-state index contributed by atoms with van der Waals surface area (Å²) in [6, 6.07) is 17.6. The molecule has 0 fully saturated rings. The van der Waals surface area contributed by atoms with Crippen LogP contribution in [-0.4, -0.2) is 13.1 Å². The summed E-state index contributed by atoms with van der Waals surface area (Å²) in [7, 11) is 1.37. The first kappa shape index (κ1) is 15.1. The van der Waals surface area contributed by atoms with Crippen LogP contribution in [0.4, 0.5) is 0 Å². The van der Waals surface area contributed by atoms with Crippen LogP contribution in [0.25, 0.3) is 5.76 Å². The Morgan fingerprint density at radius 1 is 1.09 bits per heavy atom. The van der Waals surface area contributed by atoms with E-state index in [1.54, 1.807) is 0 Å². The Bertz CT molecular complexity index is 770. The van der Waals surface area contributed by atoms with E-state index >= 15 is 0 Å². The first-order valence-electron chi connectivity index (χ1n) is 7.42.